The fraction of sp³-hybridized carbons (Fsp3) is 0.167. The van der Waals surface area contributed by atoms with E-state index >= 15 is 0 Å². The molecule has 11 heteroatoms. The van der Waals surface area contributed by atoms with Crippen LogP contribution in [0.1, 0.15) is 16.2 Å². The number of carboxylic acids is 1. The van der Waals surface area contributed by atoms with Gasteiger partial charge in [-0.2, -0.15) is 18.3 Å². The first-order valence-corrected chi connectivity index (χ1v) is 8.04. The highest BCUT2D eigenvalue weighted by atomic mass is 19.4. The second-order valence-corrected chi connectivity index (χ2v) is 5.73. The molecule has 0 aliphatic heterocycles. The van der Waals surface area contributed by atoms with Gasteiger partial charge in [-0.15, -0.1) is 0 Å². The number of hydrogen-bond acceptors (Lipinski definition) is 5. The third-order valence-corrected chi connectivity index (χ3v) is 3.61. The number of carboxylic acid groups (broad SMARTS) is 1. The van der Waals surface area contributed by atoms with Crippen molar-refractivity contribution in [2.75, 3.05) is 7.05 Å². The van der Waals surface area contributed by atoms with Crippen molar-refractivity contribution in [1.29, 1.82) is 0 Å². The zero-order valence-corrected chi connectivity index (χ0v) is 15.0. The van der Waals surface area contributed by atoms with E-state index in [1.54, 1.807) is 37.5 Å². The molecule has 152 valence electrons. The lowest BCUT2D eigenvalue weighted by Gasteiger charge is -2.16. The average Bonchev–Trinajstić information content (AvgIpc) is 2.68. The van der Waals surface area contributed by atoms with Gasteiger partial charge in [-0.05, 0) is 18.2 Å². The van der Waals surface area contributed by atoms with Crippen molar-refractivity contribution in [2.45, 2.75) is 12.7 Å². The Kier molecular flexibility index (Phi) is 6.65. The van der Waals surface area contributed by atoms with Crippen LogP contribution < -0.4 is 5.56 Å². The van der Waals surface area contributed by atoms with Gasteiger partial charge in [-0.1, -0.05) is 24.3 Å². The maximum Gasteiger partial charge on any atom is 0.490 e. The minimum absolute atomic E-state index is 0.230. The Balaban J connectivity index is 0.000000370. The number of amides is 1. The van der Waals surface area contributed by atoms with Gasteiger partial charge in [-0.3, -0.25) is 14.6 Å². The predicted octanol–water partition coefficient (Wildman–Crippen LogP) is 2.22. The number of aromatic amines is 1. The number of aromatic nitrogens is 3. The number of rotatable bonds is 3. The van der Waals surface area contributed by atoms with E-state index in [2.05, 4.69) is 15.2 Å². The van der Waals surface area contributed by atoms with Crippen molar-refractivity contribution < 1.29 is 27.9 Å². The van der Waals surface area contributed by atoms with Crippen molar-refractivity contribution in [3.8, 4) is 0 Å². The number of nitrogens with one attached hydrogen (secondary N) is 1. The highest BCUT2D eigenvalue weighted by Crippen LogP contribution is 2.15. The molecule has 0 unspecified atom stereocenters. The zero-order valence-electron chi connectivity index (χ0n) is 15.0. The molecular formula is C18H15F3N4O4. The quantitative estimate of drug-likeness (QED) is 0.687. The van der Waals surface area contributed by atoms with Crippen LogP contribution in [0.3, 0.4) is 0 Å². The number of carbonyl (C=O) groups is 2. The maximum atomic E-state index is 12.6. The van der Waals surface area contributed by atoms with E-state index in [4.69, 9.17) is 9.90 Å². The van der Waals surface area contributed by atoms with E-state index in [1.165, 1.54) is 4.90 Å². The molecule has 0 aliphatic rings. The molecule has 1 amide bonds. The van der Waals surface area contributed by atoms with Gasteiger partial charge in [0.15, 0.2) is 5.69 Å². The molecule has 29 heavy (non-hydrogen) atoms. The molecule has 1 aromatic carbocycles. The summed E-state index contributed by atoms with van der Waals surface area (Å²) in [5.41, 5.74) is 0.709. The summed E-state index contributed by atoms with van der Waals surface area (Å²) in [5.74, 6) is -3.02. The lowest BCUT2D eigenvalue weighted by molar-refractivity contribution is -0.192. The van der Waals surface area contributed by atoms with Gasteiger partial charge in [0.25, 0.3) is 11.5 Å². The van der Waals surface area contributed by atoms with Gasteiger partial charge in [0, 0.05) is 18.6 Å². The van der Waals surface area contributed by atoms with Gasteiger partial charge >= 0.3 is 12.1 Å². The summed E-state index contributed by atoms with van der Waals surface area (Å²) in [6.45, 7) is 0.370. The van der Waals surface area contributed by atoms with Gasteiger partial charge in [0.2, 0.25) is 0 Å². The van der Waals surface area contributed by atoms with Gasteiger partial charge in [-0.25, -0.2) is 9.89 Å². The van der Waals surface area contributed by atoms with Gasteiger partial charge in [0.05, 0.1) is 17.6 Å². The third kappa shape index (κ3) is 5.61. The molecule has 2 aromatic heterocycles. The summed E-state index contributed by atoms with van der Waals surface area (Å²) in [6.07, 6.45) is -3.40. The summed E-state index contributed by atoms with van der Waals surface area (Å²) < 4.78 is 31.7. The number of nitrogens with zero attached hydrogens (tertiary/aromatic N) is 3. The summed E-state index contributed by atoms with van der Waals surface area (Å²) in [4.78, 5) is 39.0. The highest BCUT2D eigenvalue weighted by Gasteiger charge is 2.38. The highest BCUT2D eigenvalue weighted by molar-refractivity contribution is 6.04. The fourth-order valence-electron chi connectivity index (χ4n) is 2.27. The largest absolute Gasteiger partial charge is 0.490 e. The summed E-state index contributed by atoms with van der Waals surface area (Å²) in [5, 5.41) is 14.4. The molecule has 2 heterocycles. The van der Waals surface area contributed by atoms with E-state index in [9.17, 15) is 22.8 Å². The number of H-pyrrole nitrogens is 1. The molecule has 8 nitrogen and oxygen atoms in total. The Hall–Kier alpha value is -3.76. The van der Waals surface area contributed by atoms with Crippen LogP contribution in [0, 0.1) is 0 Å². The topological polar surface area (TPSA) is 116 Å². The number of halogens is 3. The summed E-state index contributed by atoms with van der Waals surface area (Å²) in [7, 11) is 1.68. The van der Waals surface area contributed by atoms with Crippen LogP contribution >= 0.6 is 0 Å². The minimum Gasteiger partial charge on any atom is -0.475 e. The second-order valence-electron chi connectivity index (χ2n) is 5.73. The van der Waals surface area contributed by atoms with Gasteiger partial charge in [0.1, 0.15) is 0 Å². The first kappa shape index (κ1) is 21.5. The van der Waals surface area contributed by atoms with Crippen molar-refractivity contribution >= 4 is 22.6 Å². The Labute approximate surface area is 161 Å². The normalized spacial score (nSPS) is 10.8. The van der Waals surface area contributed by atoms with Crippen molar-refractivity contribution in [2.24, 2.45) is 0 Å². The summed E-state index contributed by atoms with van der Waals surface area (Å²) in [6, 6.07) is 12.5. The van der Waals surface area contributed by atoms with Gasteiger partial charge < -0.3 is 10.0 Å². The number of fused-ring (bicyclic) bond motifs is 1. The van der Waals surface area contributed by atoms with Crippen LogP contribution in [-0.2, 0) is 11.3 Å². The standard InChI is InChI=1S/C16H14N4O2.C2HF3O2/c1-20(10-11-6-4-5-9-17-11)16(22)14-12-7-2-3-8-13(12)15(21)19-18-14;3-2(4,5)1(6)7/h2-9H,10H2,1H3,(H,19,21);(H,6,7). The molecule has 0 radical (unpaired) electrons. The lowest BCUT2D eigenvalue weighted by Crippen LogP contribution is -2.29. The van der Waals surface area contributed by atoms with E-state index in [0.717, 1.165) is 5.69 Å². The van der Waals surface area contributed by atoms with Crippen molar-refractivity contribution in [3.05, 3.63) is 70.4 Å². The molecule has 0 saturated heterocycles. The molecule has 0 atom stereocenters. The van der Waals surface area contributed by atoms with Crippen LogP contribution in [0.5, 0.6) is 0 Å². The van der Waals surface area contributed by atoms with Crippen molar-refractivity contribution in [1.82, 2.24) is 20.1 Å². The number of benzene rings is 1. The number of carbonyl (C=O) groups excluding carboxylic acids is 1. The van der Waals surface area contributed by atoms with E-state index in [1.807, 2.05) is 18.2 Å². The maximum absolute atomic E-state index is 12.6. The second kappa shape index (κ2) is 8.95. The third-order valence-electron chi connectivity index (χ3n) is 3.61. The Morgan fingerprint density at radius 2 is 1.69 bits per heavy atom. The molecule has 0 saturated carbocycles. The zero-order chi connectivity index (χ0) is 21.6. The van der Waals surface area contributed by atoms with Crippen LogP contribution in [0.4, 0.5) is 13.2 Å². The average molecular weight is 408 g/mol. The summed E-state index contributed by atoms with van der Waals surface area (Å²) >= 11 is 0. The van der Waals surface area contributed by atoms with E-state index < -0.39 is 12.1 Å². The monoisotopic (exact) mass is 408 g/mol. The molecule has 0 bridgehead atoms. The van der Waals surface area contributed by atoms with Crippen LogP contribution in [0.15, 0.2) is 53.5 Å². The number of alkyl halides is 3. The molecule has 3 aromatic rings. The van der Waals surface area contributed by atoms with Crippen LogP contribution in [0.25, 0.3) is 10.8 Å². The number of aliphatic carboxylic acids is 1. The Bertz CT molecular complexity index is 1070. The van der Waals surface area contributed by atoms with Crippen LogP contribution in [0.2, 0.25) is 0 Å². The lowest BCUT2D eigenvalue weighted by atomic mass is 10.1. The fourth-order valence-corrected chi connectivity index (χ4v) is 2.27. The first-order valence-electron chi connectivity index (χ1n) is 8.04. The number of hydrogen-bond donors (Lipinski definition) is 2. The molecule has 2 N–H and O–H groups in total. The Morgan fingerprint density at radius 1 is 1.10 bits per heavy atom. The van der Waals surface area contributed by atoms with Crippen LogP contribution in [-0.4, -0.2) is 50.3 Å². The van der Waals surface area contributed by atoms with E-state index in [0.29, 0.717) is 17.3 Å². The van der Waals surface area contributed by atoms with E-state index in [-0.39, 0.29) is 17.2 Å². The smallest absolute Gasteiger partial charge is 0.475 e. The molecular weight excluding hydrogens is 393 g/mol. The molecule has 3 rings (SSSR count). The van der Waals surface area contributed by atoms with Crippen molar-refractivity contribution in [3.63, 3.8) is 0 Å². The molecule has 0 fully saturated rings. The first-order chi connectivity index (χ1) is 13.6. The SMILES string of the molecule is CN(Cc1ccccn1)C(=O)c1n[nH]c(=O)c2ccccc12.O=C(O)C(F)(F)F. The molecule has 0 aliphatic carbocycles. The number of pyridine rings is 1. The Morgan fingerprint density at radius 3 is 2.24 bits per heavy atom. The minimum atomic E-state index is -5.08. The predicted molar refractivity (Wildman–Crippen MR) is 96.1 cm³/mol. The molecule has 0 spiro atoms.